The molecule has 0 bridgehead atoms. The molecule has 0 saturated heterocycles. The van der Waals surface area contributed by atoms with E-state index in [0.29, 0.717) is 6.61 Å². The molecule has 0 radical (unpaired) electrons. The number of aryl methyl sites for hydroxylation is 1. The molecule has 0 saturated carbocycles. The molecule has 1 aliphatic heterocycles. The Balaban J connectivity index is 1.86. The van der Waals surface area contributed by atoms with E-state index >= 15 is 0 Å². The molecule has 1 N–H and O–H groups in total. The third kappa shape index (κ3) is 2.04. The smallest absolute Gasteiger partial charge is 0.142 e. The van der Waals surface area contributed by atoms with Crippen molar-refractivity contribution < 1.29 is 9.13 Å². The lowest BCUT2D eigenvalue weighted by molar-refractivity contribution is 0.286. The van der Waals surface area contributed by atoms with E-state index in [0.717, 1.165) is 17.0 Å². The van der Waals surface area contributed by atoms with E-state index in [2.05, 4.69) is 5.32 Å². The van der Waals surface area contributed by atoms with Crippen LogP contribution >= 0.6 is 0 Å². The van der Waals surface area contributed by atoms with Gasteiger partial charge in [-0.1, -0.05) is 18.2 Å². The first-order valence-corrected chi connectivity index (χ1v) is 5.98. The molecule has 92 valence electrons. The van der Waals surface area contributed by atoms with Crippen LogP contribution in [0.2, 0.25) is 0 Å². The highest BCUT2D eigenvalue weighted by Crippen LogP contribution is 2.34. The zero-order valence-electron chi connectivity index (χ0n) is 10.1. The predicted octanol–water partition coefficient (Wildman–Crippen LogP) is 3.68. The second-order valence-corrected chi connectivity index (χ2v) is 4.56. The standard InChI is InChI=1S/C15H14FNO/c1-10-2-7-13-15(8-10)18-9-14(17-13)11-3-5-12(16)6-4-11/h2-8,14,17H,9H2,1H3/t14-/m0/s1. The molecule has 1 atom stereocenters. The van der Waals surface area contributed by atoms with E-state index in [1.165, 1.54) is 17.7 Å². The maximum absolute atomic E-state index is 12.9. The van der Waals surface area contributed by atoms with Crippen LogP contribution in [0.1, 0.15) is 17.2 Å². The minimum absolute atomic E-state index is 0.0702. The average Bonchev–Trinajstić information content (AvgIpc) is 2.39. The molecule has 2 aromatic carbocycles. The third-order valence-electron chi connectivity index (χ3n) is 3.14. The van der Waals surface area contributed by atoms with E-state index in [-0.39, 0.29) is 11.9 Å². The fourth-order valence-electron chi connectivity index (χ4n) is 2.15. The first-order valence-electron chi connectivity index (χ1n) is 5.98. The summed E-state index contributed by atoms with van der Waals surface area (Å²) in [7, 11) is 0. The van der Waals surface area contributed by atoms with Gasteiger partial charge >= 0.3 is 0 Å². The number of anilines is 1. The summed E-state index contributed by atoms with van der Waals surface area (Å²) in [4.78, 5) is 0. The molecule has 2 aromatic rings. The first kappa shape index (κ1) is 11.1. The molecule has 0 fully saturated rings. The lowest BCUT2D eigenvalue weighted by Crippen LogP contribution is -2.23. The van der Waals surface area contributed by atoms with Crippen LogP contribution in [-0.4, -0.2) is 6.61 Å². The summed E-state index contributed by atoms with van der Waals surface area (Å²) in [6.45, 7) is 2.60. The molecule has 2 nitrogen and oxygen atoms in total. The topological polar surface area (TPSA) is 21.3 Å². The van der Waals surface area contributed by atoms with Gasteiger partial charge in [0, 0.05) is 0 Å². The van der Waals surface area contributed by atoms with Crippen LogP contribution < -0.4 is 10.1 Å². The molecule has 0 spiro atoms. The lowest BCUT2D eigenvalue weighted by atomic mass is 10.1. The van der Waals surface area contributed by atoms with Crippen molar-refractivity contribution in [2.75, 3.05) is 11.9 Å². The second kappa shape index (κ2) is 4.33. The minimum atomic E-state index is -0.216. The maximum atomic E-state index is 12.9. The van der Waals surface area contributed by atoms with Crippen molar-refractivity contribution in [3.63, 3.8) is 0 Å². The van der Waals surface area contributed by atoms with Gasteiger partial charge in [-0.15, -0.1) is 0 Å². The second-order valence-electron chi connectivity index (χ2n) is 4.56. The summed E-state index contributed by atoms with van der Waals surface area (Å²) in [5.74, 6) is 0.667. The van der Waals surface area contributed by atoms with Crippen molar-refractivity contribution in [2.24, 2.45) is 0 Å². The molecule has 1 heterocycles. The van der Waals surface area contributed by atoms with Crippen molar-refractivity contribution in [3.05, 3.63) is 59.4 Å². The summed E-state index contributed by atoms with van der Waals surface area (Å²) in [5.41, 5.74) is 3.19. The molecule has 0 aromatic heterocycles. The van der Waals surface area contributed by atoms with Crippen molar-refractivity contribution in [3.8, 4) is 5.75 Å². The Morgan fingerprint density at radius 1 is 1.17 bits per heavy atom. The van der Waals surface area contributed by atoms with Crippen LogP contribution in [0.15, 0.2) is 42.5 Å². The number of halogens is 1. The highest BCUT2D eigenvalue weighted by molar-refractivity contribution is 5.60. The van der Waals surface area contributed by atoms with Crippen molar-refractivity contribution in [1.29, 1.82) is 0 Å². The number of fused-ring (bicyclic) bond motifs is 1. The summed E-state index contributed by atoms with van der Waals surface area (Å²) in [6.07, 6.45) is 0. The average molecular weight is 243 g/mol. The highest BCUT2D eigenvalue weighted by Gasteiger charge is 2.20. The fraction of sp³-hybridized carbons (Fsp3) is 0.200. The van der Waals surface area contributed by atoms with Gasteiger partial charge in [0.15, 0.2) is 0 Å². The molecule has 0 amide bonds. The molecule has 0 unspecified atom stereocenters. The van der Waals surface area contributed by atoms with Gasteiger partial charge in [-0.2, -0.15) is 0 Å². The van der Waals surface area contributed by atoms with Gasteiger partial charge in [0.05, 0.1) is 11.7 Å². The van der Waals surface area contributed by atoms with Crippen LogP contribution in [0.4, 0.5) is 10.1 Å². The Bertz CT molecular complexity index is 565. The molecule has 18 heavy (non-hydrogen) atoms. The van der Waals surface area contributed by atoms with Gasteiger partial charge in [0.1, 0.15) is 18.2 Å². The Morgan fingerprint density at radius 3 is 2.72 bits per heavy atom. The largest absolute Gasteiger partial charge is 0.489 e. The predicted molar refractivity (Wildman–Crippen MR) is 69.4 cm³/mol. The quantitative estimate of drug-likeness (QED) is 0.825. The van der Waals surface area contributed by atoms with Crippen LogP contribution in [0.3, 0.4) is 0 Å². The number of nitrogens with one attached hydrogen (secondary N) is 1. The van der Waals surface area contributed by atoms with E-state index < -0.39 is 0 Å². The zero-order valence-corrected chi connectivity index (χ0v) is 10.1. The van der Waals surface area contributed by atoms with E-state index in [4.69, 9.17) is 4.74 Å². The van der Waals surface area contributed by atoms with Crippen LogP contribution in [0, 0.1) is 12.7 Å². The van der Waals surface area contributed by atoms with Gasteiger partial charge in [0.2, 0.25) is 0 Å². The normalized spacial score (nSPS) is 17.6. The molecular formula is C15H14FNO. The number of benzene rings is 2. The Morgan fingerprint density at radius 2 is 1.94 bits per heavy atom. The summed E-state index contributed by atoms with van der Waals surface area (Å²) in [6, 6.07) is 12.7. The molecule has 0 aliphatic carbocycles. The summed E-state index contributed by atoms with van der Waals surface area (Å²) in [5, 5.41) is 3.41. The van der Waals surface area contributed by atoms with Crippen LogP contribution in [0.25, 0.3) is 0 Å². The van der Waals surface area contributed by atoms with E-state index in [9.17, 15) is 4.39 Å². The van der Waals surface area contributed by atoms with Crippen molar-refractivity contribution in [2.45, 2.75) is 13.0 Å². The highest BCUT2D eigenvalue weighted by atomic mass is 19.1. The van der Waals surface area contributed by atoms with Gasteiger partial charge in [-0.25, -0.2) is 4.39 Å². The Kier molecular flexibility index (Phi) is 2.67. The maximum Gasteiger partial charge on any atom is 0.142 e. The monoisotopic (exact) mass is 243 g/mol. The fourth-order valence-corrected chi connectivity index (χ4v) is 2.15. The van der Waals surface area contributed by atoms with Gasteiger partial charge in [-0.3, -0.25) is 0 Å². The molecular weight excluding hydrogens is 229 g/mol. The third-order valence-corrected chi connectivity index (χ3v) is 3.14. The first-order chi connectivity index (χ1) is 8.72. The van der Waals surface area contributed by atoms with Gasteiger partial charge in [-0.05, 0) is 42.3 Å². The Hall–Kier alpha value is -2.03. The van der Waals surface area contributed by atoms with Crippen LogP contribution in [-0.2, 0) is 0 Å². The number of rotatable bonds is 1. The van der Waals surface area contributed by atoms with Crippen LogP contribution in [0.5, 0.6) is 5.75 Å². The lowest BCUT2D eigenvalue weighted by Gasteiger charge is -2.28. The number of ether oxygens (including phenoxy) is 1. The zero-order chi connectivity index (χ0) is 12.5. The van der Waals surface area contributed by atoms with Gasteiger partial charge in [0.25, 0.3) is 0 Å². The number of hydrogen-bond acceptors (Lipinski definition) is 2. The minimum Gasteiger partial charge on any atom is -0.489 e. The summed E-state index contributed by atoms with van der Waals surface area (Å²) >= 11 is 0. The molecule has 3 heteroatoms. The molecule has 3 rings (SSSR count). The van der Waals surface area contributed by atoms with Crippen molar-refractivity contribution in [1.82, 2.24) is 0 Å². The SMILES string of the molecule is Cc1ccc2c(c1)OC[C@@H](c1ccc(F)cc1)N2. The van der Waals surface area contributed by atoms with Gasteiger partial charge < -0.3 is 10.1 Å². The van der Waals surface area contributed by atoms with Crippen molar-refractivity contribution >= 4 is 5.69 Å². The van der Waals surface area contributed by atoms with E-state index in [1.807, 2.05) is 25.1 Å². The summed E-state index contributed by atoms with van der Waals surface area (Å²) < 4.78 is 18.6. The Labute approximate surface area is 105 Å². The molecule has 1 aliphatic rings. The van der Waals surface area contributed by atoms with E-state index in [1.54, 1.807) is 12.1 Å². The number of hydrogen-bond donors (Lipinski definition) is 1.